The molecule has 54 valence electrons. The Kier molecular flexibility index (Phi) is 1.53. The van der Waals surface area contributed by atoms with Crippen LogP contribution in [0.3, 0.4) is 0 Å². The lowest BCUT2D eigenvalue weighted by Crippen LogP contribution is -2.14. The molecule has 2 rings (SSSR count). The van der Waals surface area contributed by atoms with E-state index in [4.69, 9.17) is 0 Å². The predicted octanol–water partition coefficient (Wildman–Crippen LogP) is 2.44. The highest BCUT2D eigenvalue weighted by Crippen LogP contribution is 2.37. The van der Waals surface area contributed by atoms with Gasteiger partial charge in [-0.2, -0.15) is 0 Å². The zero-order chi connectivity index (χ0) is 7.19. The fraction of sp³-hybridized carbons (Fsp3) is 0.571. The summed E-state index contributed by atoms with van der Waals surface area (Å²) in [6.45, 7) is 2.29. The van der Waals surface area contributed by atoms with E-state index < -0.39 is 0 Å². The molecule has 3 heteroatoms. The van der Waals surface area contributed by atoms with E-state index >= 15 is 0 Å². The summed E-state index contributed by atoms with van der Waals surface area (Å²) in [7, 11) is 0. The number of aromatic nitrogens is 1. The first kappa shape index (κ1) is 7.03. The van der Waals surface area contributed by atoms with Crippen LogP contribution in [0.1, 0.15) is 17.5 Å². The quantitative estimate of drug-likeness (QED) is 0.518. The van der Waals surface area contributed by atoms with Crippen LogP contribution < -0.4 is 0 Å². The average Bonchev–Trinajstić information content (AvgIpc) is 2.20. The number of nitrogens with zero attached hydrogens (tertiary/aromatic N) is 1. The molecule has 0 fully saturated rings. The first-order valence-corrected chi connectivity index (χ1v) is 5.23. The molecule has 1 unspecified atom stereocenters. The molecule has 0 saturated heterocycles. The maximum Gasteiger partial charge on any atom is 0.0797 e. The fourth-order valence-electron chi connectivity index (χ4n) is 1.33. The number of halogens is 1. The number of hydrogen-bond acceptors (Lipinski definition) is 2. The van der Waals surface area contributed by atoms with Gasteiger partial charge in [0, 0.05) is 14.7 Å². The van der Waals surface area contributed by atoms with E-state index in [1.807, 2.05) is 5.51 Å². The topological polar surface area (TPSA) is 12.9 Å². The Balaban J connectivity index is 2.37. The monoisotopic (exact) mass is 265 g/mol. The minimum atomic E-state index is 0.452. The first-order chi connectivity index (χ1) is 4.67. The third-order valence-corrected chi connectivity index (χ3v) is 3.43. The van der Waals surface area contributed by atoms with E-state index in [9.17, 15) is 0 Å². The molecule has 10 heavy (non-hydrogen) atoms. The Labute approximate surface area is 78.0 Å². The molecular formula is C7H8INS. The Morgan fingerprint density at radius 1 is 1.70 bits per heavy atom. The van der Waals surface area contributed by atoms with Crippen molar-refractivity contribution in [2.24, 2.45) is 0 Å². The van der Waals surface area contributed by atoms with Crippen molar-refractivity contribution in [1.82, 2.24) is 4.98 Å². The van der Waals surface area contributed by atoms with Gasteiger partial charge < -0.3 is 0 Å². The highest BCUT2D eigenvalue weighted by atomic mass is 127. The molecule has 0 N–H and O–H groups in total. The van der Waals surface area contributed by atoms with Crippen molar-refractivity contribution in [1.29, 1.82) is 0 Å². The summed E-state index contributed by atoms with van der Waals surface area (Å²) < 4.78 is 0.452. The van der Waals surface area contributed by atoms with Gasteiger partial charge in [0.2, 0.25) is 0 Å². The van der Waals surface area contributed by atoms with Crippen LogP contribution >= 0.6 is 33.9 Å². The molecular weight excluding hydrogens is 257 g/mol. The van der Waals surface area contributed by atoms with Gasteiger partial charge in [0.25, 0.3) is 0 Å². The Bertz CT molecular complexity index is 231. The van der Waals surface area contributed by atoms with Crippen molar-refractivity contribution < 1.29 is 0 Å². The van der Waals surface area contributed by atoms with Gasteiger partial charge in [0.15, 0.2) is 0 Å². The minimum Gasteiger partial charge on any atom is -0.249 e. The molecule has 1 atom stereocenters. The van der Waals surface area contributed by atoms with Gasteiger partial charge in [0.05, 0.1) is 11.2 Å². The molecule has 1 aromatic heterocycles. The van der Waals surface area contributed by atoms with E-state index in [1.165, 1.54) is 17.0 Å². The van der Waals surface area contributed by atoms with Gasteiger partial charge in [-0.25, -0.2) is 4.98 Å². The minimum absolute atomic E-state index is 0.452. The van der Waals surface area contributed by atoms with Gasteiger partial charge in [-0.1, -0.05) is 22.6 Å². The third-order valence-electron chi connectivity index (χ3n) is 1.79. The van der Waals surface area contributed by atoms with E-state index in [0.29, 0.717) is 3.42 Å². The summed E-state index contributed by atoms with van der Waals surface area (Å²) >= 11 is 4.32. The van der Waals surface area contributed by atoms with Crippen LogP contribution in [0, 0.1) is 0 Å². The van der Waals surface area contributed by atoms with Gasteiger partial charge in [-0.05, 0) is 13.3 Å². The predicted molar refractivity (Wildman–Crippen MR) is 51.9 cm³/mol. The molecule has 1 aliphatic rings. The molecule has 0 radical (unpaired) electrons. The summed E-state index contributed by atoms with van der Waals surface area (Å²) in [5.41, 5.74) is 3.29. The molecule has 0 saturated carbocycles. The first-order valence-electron chi connectivity index (χ1n) is 3.27. The third kappa shape index (κ3) is 1.09. The lowest BCUT2D eigenvalue weighted by molar-refractivity contribution is 0.722. The summed E-state index contributed by atoms with van der Waals surface area (Å²) in [5.74, 6) is 0. The summed E-state index contributed by atoms with van der Waals surface area (Å²) in [5, 5.41) is 0. The highest BCUT2D eigenvalue weighted by Gasteiger charge is 2.31. The van der Waals surface area contributed by atoms with Crippen LogP contribution in [0.25, 0.3) is 0 Å². The van der Waals surface area contributed by atoms with Crippen molar-refractivity contribution in [2.45, 2.75) is 23.2 Å². The summed E-state index contributed by atoms with van der Waals surface area (Å²) in [6.07, 6.45) is 2.37. The largest absolute Gasteiger partial charge is 0.249 e. The lowest BCUT2D eigenvalue weighted by atomic mass is 10.1. The Morgan fingerprint density at radius 3 is 3.20 bits per heavy atom. The Hall–Kier alpha value is 0.360. The maximum absolute atomic E-state index is 4.31. The van der Waals surface area contributed by atoms with E-state index in [0.717, 1.165) is 6.42 Å². The van der Waals surface area contributed by atoms with Crippen LogP contribution in [0.2, 0.25) is 0 Å². The van der Waals surface area contributed by atoms with Gasteiger partial charge >= 0.3 is 0 Å². The normalized spacial score (nSPS) is 30.6. The van der Waals surface area contributed by atoms with Gasteiger partial charge in [-0.15, -0.1) is 11.3 Å². The maximum atomic E-state index is 4.31. The molecule has 0 spiro atoms. The fourth-order valence-corrected chi connectivity index (χ4v) is 3.30. The zero-order valence-corrected chi connectivity index (χ0v) is 8.70. The van der Waals surface area contributed by atoms with Gasteiger partial charge in [-0.3, -0.25) is 0 Å². The molecule has 1 aliphatic carbocycles. The second-order valence-corrected chi connectivity index (χ2v) is 6.53. The van der Waals surface area contributed by atoms with Crippen LogP contribution in [0.4, 0.5) is 0 Å². The number of fused-ring (bicyclic) bond motifs is 1. The average molecular weight is 265 g/mol. The van der Waals surface area contributed by atoms with Crippen molar-refractivity contribution in [3.8, 4) is 0 Å². The van der Waals surface area contributed by atoms with E-state index in [2.05, 4.69) is 34.5 Å². The Morgan fingerprint density at radius 2 is 2.50 bits per heavy atom. The molecule has 1 nitrogen and oxygen atoms in total. The van der Waals surface area contributed by atoms with Crippen LogP contribution in [-0.4, -0.2) is 8.41 Å². The zero-order valence-electron chi connectivity index (χ0n) is 5.72. The second kappa shape index (κ2) is 2.17. The number of thiazole rings is 1. The van der Waals surface area contributed by atoms with Crippen LogP contribution in [-0.2, 0) is 12.8 Å². The molecule has 1 heterocycles. The second-order valence-electron chi connectivity index (χ2n) is 2.99. The number of alkyl halides is 1. The van der Waals surface area contributed by atoms with Crippen LogP contribution in [0.15, 0.2) is 5.51 Å². The molecule has 0 aliphatic heterocycles. The van der Waals surface area contributed by atoms with Crippen molar-refractivity contribution in [2.75, 3.05) is 0 Å². The number of rotatable bonds is 0. The van der Waals surface area contributed by atoms with Crippen molar-refractivity contribution >= 4 is 33.9 Å². The SMILES string of the molecule is CC1(I)Cc2ncsc2C1. The molecule has 1 aromatic rings. The summed E-state index contributed by atoms with van der Waals surface area (Å²) in [4.78, 5) is 5.80. The lowest BCUT2D eigenvalue weighted by Gasteiger charge is -2.11. The van der Waals surface area contributed by atoms with Gasteiger partial charge in [0.1, 0.15) is 0 Å². The molecule has 0 amide bonds. The van der Waals surface area contributed by atoms with E-state index in [1.54, 1.807) is 11.3 Å². The number of hydrogen-bond donors (Lipinski definition) is 0. The molecule has 0 bridgehead atoms. The van der Waals surface area contributed by atoms with Crippen LogP contribution in [0.5, 0.6) is 0 Å². The summed E-state index contributed by atoms with van der Waals surface area (Å²) in [6, 6.07) is 0. The van der Waals surface area contributed by atoms with Crippen molar-refractivity contribution in [3.63, 3.8) is 0 Å². The smallest absolute Gasteiger partial charge is 0.0797 e. The van der Waals surface area contributed by atoms with E-state index in [-0.39, 0.29) is 0 Å². The van der Waals surface area contributed by atoms with Crippen molar-refractivity contribution in [3.05, 3.63) is 16.1 Å². The standard InChI is InChI=1S/C7H8INS/c1-7(8)2-5-6(3-7)10-4-9-5/h4H,2-3H2,1H3. The highest BCUT2D eigenvalue weighted by molar-refractivity contribution is 14.1. The molecule has 0 aromatic carbocycles.